The molecule has 0 spiro atoms. The highest BCUT2D eigenvalue weighted by Crippen LogP contribution is 2.17. The first-order valence-corrected chi connectivity index (χ1v) is 9.02. The standard InChI is InChI=1S/C19H30N2O3/c1-15(2)14-20-19(22)18-13-17(24-21-18)11-7-4-8-12-23-16-9-5-3-6-10-16/h3,5-6,9-10,15,17-18,21H,4,7-8,11-14H2,1-2H3,(H,20,22). The van der Waals surface area contributed by atoms with E-state index in [1.807, 2.05) is 30.3 Å². The van der Waals surface area contributed by atoms with Gasteiger partial charge in [0.05, 0.1) is 12.7 Å². The van der Waals surface area contributed by atoms with Crippen LogP contribution in [-0.2, 0) is 9.63 Å². The van der Waals surface area contributed by atoms with E-state index in [4.69, 9.17) is 9.57 Å². The minimum Gasteiger partial charge on any atom is -0.494 e. The van der Waals surface area contributed by atoms with Gasteiger partial charge in [0.15, 0.2) is 0 Å². The van der Waals surface area contributed by atoms with E-state index in [1.54, 1.807) is 0 Å². The summed E-state index contributed by atoms with van der Waals surface area (Å²) in [4.78, 5) is 17.5. The van der Waals surface area contributed by atoms with E-state index >= 15 is 0 Å². The van der Waals surface area contributed by atoms with E-state index in [1.165, 1.54) is 0 Å². The summed E-state index contributed by atoms with van der Waals surface area (Å²) >= 11 is 0. The molecular weight excluding hydrogens is 304 g/mol. The highest BCUT2D eigenvalue weighted by atomic mass is 16.7. The predicted octanol–water partition coefficient (Wildman–Crippen LogP) is 3.06. The van der Waals surface area contributed by atoms with Crippen LogP contribution in [0.15, 0.2) is 30.3 Å². The van der Waals surface area contributed by atoms with Gasteiger partial charge in [-0.15, -0.1) is 0 Å². The molecule has 24 heavy (non-hydrogen) atoms. The molecule has 1 aromatic rings. The van der Waals surface area contributed by atoms with Crippen LogP contribution < -0.4 is 15.5 Å². The Hall–Kier alpha value is -1.59. The fraction of sp³-hybridized carbons (Fsp3) is 0.632. The predicted molar refractivity (Wildman–Crippen MR) is 94.7 cm³/mol. The van der Waals surface area contributed by atoms with E-state index in [9.17, 15) is 4.79 Å². The molecule has 0 aromatic heterocycles. The number of nitrogens with one attached hydrogen (secondary N) is 2. The van der Waals surface area contributed by atoms with Gasteiger partial charge < -0.3 is 10.1 Å². The van der Waals surface area contributed by atoms with Gasteiger partial charge in [-0.05, 0) is 37.3 Å². The monoisotopic (exact) mass is 334 g/mol. The largest absolute Gasteiger partial charge is 0.494 e. The number of unbranched alkanes of at least 4 members (excludes halogenated alkanes) is 2. The van der Waals surface area contributed by atoms with Gasteiger partial charge in [-0.3, -0.25) is 9.63 Å². The smallest absolute Gasteiger partial charge is 0.239 e. The number of carbonyl (C=O) groups excluding carboxylic acids is 1. The first-order chi connectivity index (χ1) is 11.6. The molecule has 0 aliphatic carbocycles. The lowest BCUT2D eigenvalue weighted by molar-refractivity contribution is -0.124. The van der Waals surface area contributed by atoms with Gasteiger partial charge in [0.2, 0.25) is 5.91 Å². The van der Waals surface area contributed by atoms with Crippen molar-refractivity contribution in [1.82, 2.24) is 10.8 Å². The molecule has 1 fully saturated rings. The van der Waals surface area contributed by atoms with Gasteiger partial charge in [-0.25, -0.2) is 0 Å². The number of rotatable bonds is 10. The molecule has 0 saturated carbocycles. The summed E-state index contributed by atoms with van der Waals surface area (Å²) in [5.74, 6) is 1.43. The number of para-hydroxylation sites is 1. The Morgan fingerprint density at radius 3 is 2.83 bits per heavy atom. The summed E-state index contributed by atoms with van der Waals surface area (Å²) in [6, 6.07) is 9.68. The third-order valence-electron chi connectivity index (χ3n) is 4.06. The summed E-state index contributed by atoms with van der Waals surface area (Å²) in [5.41, 5.74) is 2.87. The van der Waals surface area contributed by atoms with E-state index in [2.05, 4.69) is 24.6 Å². The van der Waals surface area contributed by atoms with Crippen LogP contribution in [0.5, 0.6) is 5.75 Å². The average Bonchev–Trinajstić information content (AvgIpc) is 3.05. The number of hydrogen-bond acceptors (Lipinski definition) is 4. The normalized spacial score (nSPS) is 20.3. The molecule has 5 nitrogen and oxygen atoms in total. The molecule has 2 atom stereocenters. The third-order valence-corrected chi connectivity index (χ3v) is 4.06. The van der Waals surface area contributed by atoms with E-state index in [0.717, 1.165) is 44.5 Å². The second-order valence-corrected chi connectivity index (χ2v) is 6.80. The highest BCUT2D eigenvalue weighted by molar-refractivity contribution is 5.81. The Morgan fingerprint density at radius 2 is 2.08 bits per heavy atom. The fourth-order valence-corrected chi connectivity index (χ4v) is 2.66. The van der Waals surface area contributed by atoms with Crippen molar-refractivity contribution in [3.63, 3.8) is 0 Å². The van der Waals surface area contributed by atoms with E-state index in [-0.39, 0.29) is 18.1 Å². The zero-order chi connectivity index (χ0) is 17.2. The van der Waals surface area contributed by atoms with Crippen molar-refractivity contribution < 1.29 is 14.4 Å². The van der Waals surface area contributed by atoms with E-state index in [0.29, 0.717) is 12.5 Å². The molecule has 0 bridgehead atoms. The van der Waals surface area contributed by atoms with Crippen molar-refractivity contribution in [3.05, 3.63) is 30.3 Å². The Kier molecular flexibility index (Phi) is 8.05. The van der Waals surface area contributed by atoms with E-state index < -0.39 is 0 Å². The molecule has 1 aliphatic rings. The van der Waals surface area contributed by atoms with Crippen molar-refractivity contribution in [1.29, 1.82) is 0 Å². The second-order valence-electron chi connectivity index (χ2n) is 6.80. The third kappa shape index (κ3) is 6.89. The lowest BCUT2D eigenvalue weighted by Gasteiger charge is -2.11. The number of hydrogen-bond donors (Lipinski definition) is 2. The zero-order valence-corrected chi connectivity index (χ0v) is 14.8. The lowest BCUT2D eigenvalue weighted by Crippen LogP contribution is -2.41. The van der Waals surface area contributed by atoms with Crippen LogP contribution >= 0.6 is 0 Å². The van der Waals surface area contributed by atoms with Gasteiger partial charge in [0, 0.05) is 13.0 Å². The Labute approximate surface area is 145 Å². The lowest BCUT2D eigenvalue weighted by atomic mass is 10.0. The van der Waals surface area contributed by atoms with Crippen LogP contribution in [0.2, 0.25) is 0 Å². The zero-order valence-electron chi connectivity index (χ0n) is 14.8. The topological polar surface area (TPSA) is 59.6 Å². The molecule has 5 heteroatoms. The summed E-state index contributed by atoms with van der Waals surface area (Å²) in [6.45, 7) is 5.63. The first-order valence-electron chi connectivity index (χ1n) is 9.02. The Bertz CT molecular complexity index is 479. The fourth-order valence-electron chi connectivity index (χ4n) is 2.66. The molecule has 134 valence electrons. The quantitative estimate of drug-likeness (QED) is 0.646. The van der Waals surface area contributed by atoms with Crippen LogP contribution in [0, 0.1) is 5.92 Å². The first kappa shape index (κ1) is 18.7. The maximum Gasteiger partial charge on any atom is 0.239 e. The van der Waals surface area contributed by atoms with Crippen molar-refractivity contribution in [2.45, 2.75) is 58.1 Å². The minimum absolute atomic E-state index is 0.0439. The molecule has 1 amide bonds. The maximum atomic E-state index is 12.0. The van der Waals surface area contributed by atoms with Crippen LogP contribution in [0.3, 0.4) is 0 Å². The summed E-state index contributed by atoms with van der Waals surface area (Å²) in [5, 5.41) is 2.95. The molecule has 0 radical (unpaired) electrons. The van der Waals surface area contributed by atoms with Gasteiger partial charge >= 0.3 is 0 Å². The second kappa shape index (κ2) is 10.3. The van der Waals surface area contributed by atoms with Crippen molar-refractivity contribution in [3.8, 4) is 5.75 Å². The summed E-state index contributed by atoms with van der Waals surface area (Å²) < 4.78 is 5.68. The molecule has 1 saturated heterocycles. The molecule has 2 N–H and O–H groups in total. The number of carbonyl (C=O) groups is 1. The summed E-state index contributed by atoms with van der Waals surface area (Å²) in [7, 11) is 0. The average molecular weight is 334 g/mol. The Morgan fingerprint density at radius 1 is 1.29 bits per heavy atom. The van der Waals surface area contributed by atoms with Crippen molar-refractivity contribution >= 4 is 5.91 Å². The van der Waals surface area contributed by atoms with Crippen molar-refractivity contribution in [2.24, 2.45) is 5.92 Å². The van der Waals surface area contributed by atoms with Crippen LogP contribution in [-0.4, -0.2) is 31.2 Å². The minimum atomic E-state index is -0.213. The molecule has 1 heterocycles. The van der Waals surface area contributed by atoms with Gasteiger partial charge in [0.1, 0.15) is 11.8 Å². The van der Waals surface area contributed by atoms with Gasteiger partial charge in [0.25, 0.3) is 0 Å². The maximum absolute atomic E-state index is 12.0. The number of benzene rings is 1. The van der Waals surface area contributed by atoms with Crippen LogP contribution in [0.4, 0.5) is 0 Å². The molecule has 2 rings (SSSR count). The summed E-state index contributed by atoms with van der Waals surface area (Å²) in [6.07, 6.45) is 5.10. The van der Waals surface area contributed by atoms with Crippen LogP contribution in [0.25, 0.3) is 0 Å². The van der Waals surface area contributed by atoms with Crippen molar-refractivity contribution in [2.75, 3.05) is 13.2 Å². The number of hydroxylamine groups is 1. The SMILES string of the molecule is CC(C)CNC(=O)C1CC(CCCCCOc2ccccc2)ON1. The molecule has 2 unspecified atom stereocenters. The van der Waals surface area contributed by atoms with Crippen LogP contribution in [0.1, 0.15) is 46.0 Å². The molecule has 1 aliphatic heterocycles. The highest BCUT2D eigenvalue weighted by Gasteiger charge is 2.30. The molecule has 1 aromatic carbocycles. The van der Waals surface area contributed by atoms with Gasteiger partial charge in [-0.2, -0.15) is 5.48 Å². The molecular formula is C19H30N2O3. The Balaban J connectivity index is 1.50. The number of amides is 1. The van der Waals surface area contributed by atoms with Gasteiger partial charge in [-0.1, -0.05) is 38.5 Å². The number of ether oxygens (including phenoxy) is 1.